The summed E-state index contributed by atoms with van der Waals surface area (Å²) >= 11 is 0. The molecule has 2 N–H and O–H groups in total. The minimum atomic E-state index is -0.792. The number of amides is 2. The van der Waals surface area contributed by atoms with Gasteiger partial charge in [-0.1, -0.05) is 54.6 Å². The zero-order valence-electron chi connectivity index (χ0n) is 19.3. The zero-order valence-corrected chi connectivity index (χ0v) is 19.3. The highest BCUT2D eigenvalue weighted by Crippen LogP contribution is 2.44. The van der Waals surface area contributed by atoms with Crippen LogP contribution in [-0.4, -0.2) is 54.2 Å². The normalized spacial score (nSPS) is 16.0. The van der Waals surface area contributed by atoms with Gasteiger partial charge in [0.2, 0.25) is 5.91 Å². The van der Waals surface area contributed by atoms with E-state index in [-0.39, 0.29) is 37.3 Å². The summed E-state index contributed by atoms with van der Waals surface area (Å²) in [4.78, 5) is 37.5. The van der Waals surface area contributed by atoms with Crippen LogP contribution in [0.2, 0.25) is 0 Å². The Bertz CT molecular complexity index is 1060. The van der Waals surface area contributed by atoms with Crippen molar-refractivity contribution in [3.63, 3.8) is 0 Å². The molecule has 178 valence electrons. The number of aliphatic carboxylic acids is 1. The lowest BCUT2D eigenvalue weighted by atomic mass is 9.93. The van der Waals surface area contributed by atoms with E-state index in [1.807, 2.05) is 24.3 Å². The Morgan fingerprint density at radius 3 is 2.21 bits per heavy atom. The molecule has 0 bridgehead atoms. The molecule has 1 fully saturated rings. The molecule has 0 spiro atoms. The fourth-order valence-electron chi connectivity index (χ4n) is 4.86. The molecule has 2 aromatic carbocycles. The van der Waals surface area contributed by atoms with E-state index >= 15 is 0 Å². The van der Waals surface area contributed by atoms with E-state index in [0.29, 0.717) is 31.5 Å². The minimum absolute atomic E-state index is 0.000982. The van der Waals surface area contributed by atoms with E-state index in [0.717, 1.165) is 11.1 Å². The van der Waals surface area contributed by atoms with Crippen molar-refractivity contribution in [3.05, 3.63) is 71.3 Å². The van der Waals surface area contributed by atoms with Crippen LogP contribution in [0.15, 0.2) is 60.2 Å². The van der Waals surface area contributed by atoms with Gasteiger partial charge < -0.3 is 20.1 Å². The number of fused-ring (bicyclic) bond motifs is 3. The first-order chi connectivity index (χ1) is 16.4. The van der Waals surface area contributed by atoms with Gasteiger partial charge in [0, 0.05) is 37.5 Å². The third-order valence-electron chi connectivity index (χ3n) is 6.70. The predicted molar refractivity (Wildman–Crippen MR) is 128 cm³/mol. The molecule has 7 nitrogen and oxygen atoms in total. The van der Waals surface area contributed by atoms with E-state index in [1.165, 1.54) is 11.1 Å². The van der Waals surface area contributed by atoms with Crippen molar-refractivity contribution in [1.82, 2.24) is 10.2 Å². The first-order valence-corrected chi connectivity index (χ1v) is 11.7. The average molecular weight is 463 g/mol. The Morgan fingerprint density at radius 1 is 1.03 bits per heavy atom. The molecule has 34 heavy (non-hydrogen) atoms. The van der Waals surface area contributed by atoms with E-state index < -0.39 is 12.1 Å². The summed E-state index contributed by atoms with van der Waals surface area (Å²) in [5, 5.41) is 11.6. The Hall–Kier alpha value is -3.61. The van der Waals surface area contributed by atoms with Crippen LogP contribution in [0.1, 0.15) is 43.2 Å². The van der Waals surface area contributed by atoms with Crippen molar-refractivity contribution in [2.24, 2.45) is 5.92 Å². The Balaban J connectivity index is 1.25. The first-order valence-electron chi connectivity index (χ1n) is 11.7. The molecule has 0 saturated carbocycles. The predicted octanol–water partition coefficient (Wildman–Crippen LogP) is 4.18. The molecule has 4 rings (SSSR count). The number of likely N-dealkylation sites (tertiary alicyclic amines) is 1. The molecule has 1 aliphatic heterocycles. The fourth-order valence-corrected chi connectivity index (χ4v) is 4.86. The lowest BCUT2D eigenvalue weighted by Crippen LogP contribution is -2.39. The summed E-state index contributed by atoms with van der Waals surface area (Å²) in [7, 11) is 0. The molecule has 0 radical (unpaired) electrons. The number of carbonyl (C=O) groups is 3. The van der Waals surface area contributed by atoms with E-state index in [2.05, 4.69) is 29.6 Å². The van der Waals surface area contributed by atoms with Gasteiger partial charge in [-0.2, -0.15) is 0 Å². The van der Waals surface area contributed by atoms with Gasteiger partial charge in [-0.15, -0.1) is 0 Å². The number of alkyl carbamates (subject to hydrolysis) is 1. The largest absolute Gasteiger partial charge is 0.481 e. The van der Waals surface area contributed by atoms with Crippen LogP contribution in [0.4, 0.5) is 4.79 Å². The van der Waals surface area contributed by atoms with E-state index in [9.17, 15) is 14.4 Å². The van der Waals surface area contributed by atoms with Gasteiger partial charge in [-0.3, -0.25) is 9.59 Å². The van der Waals surface area contributed by atoms with Crippen LogP contribution >= 0.6 is 0 Å². The Morgan fingerprint density at radius 2 is 1.62 bits per heavy atom. The third-order valence-corrected chi connectivity index (χ3v) is 6.70. The zero-order chi connectivity index (χ0) is 24.1. The number of nitrogens with zero attached hydrogens (tertiary/aromatic N) is 1. The monoisotopic (exact) mass is 462 g/mol. The van der Waals surface area contributed by atoms with Gasteiger partial charge >= 0.3 is 12.1 Å². The smallest absolute Gasteiger partial charge is 0.407 e. The van der Waals surface area contributed by atoms with Crippen molar-refractivity contribution in [2.75, 3.05) is 26.2 Å². The maximum atomic E-state index is 12.6. The number of hydrogen-bond donors (Lipinski definition) is 2. The van der Waals surface area contributed by atoms with E-state index in [1.54, 1.807) is 17.9 Å². The van der Waals surface area contributed by atoms with Crippen LogP contribution < -0.4 is 5.32 Å². The molecule has 0 atom stereocenters. The van der Waals surface area contributed by atoms with Gasteiger partial charge in [-0.25, -0.2) is 4.79 Å². The summed E-state index contributed by atoms with van der Waals surface area (Å²) in [6.07, 6.45) is 2.72. The van der Waals surface area contributed by atoms with Crippen molar-refractivity contribution < 1.29 is 24.2 Å². The highest BCUT2D eigenvalue weighted by atomic mass is 16.5. The molecule has 7 heteroatoms. The average Bonchev–Trinajstić information content (AvgIpc) is 3.16. The molecule has 2 aromatic rings. The van der Waals surface area contributed by atoms with Gasteiger partial charge in [0.15, 0.2) is 0 Å². The van der Waals surface area contributed by atoms with Gasteiger partial charge in [0.1, 0.15) is 6.61 Å². The number of carbonyl (C=O) groups excluding carboxylic acids is 2. The Kier molecular flexibility index (Phi) is 7.30. The van der Waals surface area contributed by atoms with Gasteiger partial charge in [0.25, 0.3) is 0 Å². The Labute approximate surface area is 199 Å². The van der Waals surface area contributed by atoms with Crippen LogP contribution in [0, 0.1) is 5.92 Å². The second kappa shape index (κ2) is 10.5. The van der Waals surface area contributed by atoms with Crippen LogP contribution in [0.5, 0.6) is 0 Å². The lowest BCUT2D eigenvalue weighted by molar-refractivity contribution is -0.138. The minimum Gasteiger partial charge on any atom is -0.481 e. The molecule has 2 amide bonds. The molecule has 0 aromatic heterocycles. The summed E-state index contributed by atoms with van der Waals surface area (Å²) in [6, 6.07) is 16.3. The van der Waals surface area contributed by atoms with Crippen molar-refractivity contribution in [3.8, 4) is 11.1 Å². The molecular formula is C27H30N2O5. The first kappa shape index (κ1) is 23.5. The second-order valence-electron chi connectivity index (χ2n) is 8.93. The number of carboxylic acid groups (broad SMARTS) is 1. The standard InChI is InChI=1S/C27H30N2O5/c1-18(26(32)29-14-11-19(12-15-29)16-25(30)31)10-13-28-27(33)34-17-24-22-8-4-2-6-20(22)21-7-3-5-9-23(21)24/h2-10,19,24H,11-17H2,1H3,(H,28,33)(H,30,31)/b18-10+. The van der Waals surface area contributed by atoms with Crippen molar-refractivity contribution in [1.29, 1.82) is 0 Å². The number of rotatable bonds is 7. The summed E-state index contributed by atoms with van der Waals surface area (Å²) in [5.74, 6) is -0.745. The number of hydrogen-bond acceptors (Lipinski definition) is 4. The summed E-state index contributed by atoms with van der Waals surface area (Å²) in [5.41, 5.74) is 5.22. The molecule has 1 saturated heterocycles. The molecular weight excluding hydrogens is 432 g/mol. The van der Waals surface area contributed by atoms with Crippen molar-refractivity contribution >= 4 is 18.0 Å². The maximum absolute atomic E-state index is 12.6. The number of benzene rings is 2. The number of piperidine rings is 1. The topological polar surface area (TPSA) is 95.9 Å². The van der Waals surface area contributed by atoms with Gasteiger partial charge in [0.05, 0.1) is 0 Å². The molecule has 1 heterocycles. The SMILES string of the molecule is C/C(=C\CNC(=O)OCC1c2ccccc2-c2ccccc21)C(=O)N1CCC(CC(=O)O)CC1. The van der Waals surface area contributed by atoms with Crippen LogP contribution in [0.25, 0.3) is 11.1 Å². The highest BCUT2D eigenvalue weighted by molar-refractivity contribution is 5.93. The second-order valence-corrected chi connectivity index (χ2v) is 8.93. The fraction of sp³-hybridized carbons (Fsp3) is 0.370. The third kappa shape index (κ3) is 5.30. The maximum Gasteiger partial charge on any atom is 0.407 e. The summed E-state index contributed by atoms with van der Waals surface area (Å²) < 4.78 is 5.52. The van der Waals surface area contributed by atoms with Crippen LogP contribution in [0.3, 0.4) is 0 Å². The highest BCUT2D eigenvalue weighted by Gasteiger charge is 2.29. The number of ether oxygens (including phenoxy) is 1. The van der Waals surface area contributed by atoms with Crippen molar-refractivity contribution in [2.45, 2.75) is 32.1 Å². The quantitative estimate of drug-likeness (QED) is 0.602. The number of nitrogens with one attached hydrogen (secondary N) is 1. The van der Waals surface area contributed by atoms with Gasteiger partial charge in [-0.05, 0) is 47.9 Å². The van der Waals surface area contributed by atoms with Crippen LogP contribution in [-0.2, 0) is 14.3 Å². The van der Waals surface area contributed by atoms with E-state index in [4.69, 9.17) is 9.84 Å². The summed E-state index contributed by atoms with van der Waals surface area (Å²) in [6.45, 7) is 3.28. The molecule has 1 aliphatic carbocycles. The molecule has 2 aliphatic rings. The lowest BCUT2D eigenvalue weighted by Gasteiger charge is -2.31. The molecule has 0 unspecified atom stereocenters. The number of carboxylic acids is 1.